The van der Waals surface area contributed by atoms with E-state index in [2.05, 4.69) is 43.0 Å². The van der Waals surface area contributed by atoms with Gasteiger partial charge in [0.15, 0.2) is 11.5 Å². The van der Waals surface area contributed by atoms with Gasteiger partial charge in [-0.3, -0.25) is 4.90 Å². The second-order valence-electron chi connectivity index (χ2n) is 8.34. The van der Waals surface area contributed by atoms with E-state index in [1.54, 1.807) is 34.8 Å². The highest BCUT2D eigenvalue weighted by Crippen LogP contribution is 2.35. The first kappa shape index (κ1) is 20.6. The van der Waals surface area contributed by atoms with Crippen LogP contribution in [-0.4, -0.2) is 55.1 Å². The van der Waals surface area contributed by atoms with E-state index < -0.39 is 5.82 Å². The number of carbonyl (C=O) groups excluding carboxylic acids is 1. The first-order valence-electron chi connectivity index (χ1n) is 10.6. The number of pyridine rings is 2. The molecule has 0 bridgehead atoms. The zero-order chi connectivity index (χ0) is 22.4. The fourth-order valence-corrected chi connectivity index (χ4v) is 4.82. The van der Waals surface area contributed by atoms with Crippen LogP contribution in [0.4, 0.5) is 26.4 Å². The van der Waals surface area contributed by atoms with Gasteiger partial charge in [-0.25, -0.2) is 19.2 Å². The van der Waals surface area contributed by atoms with Crippen LogP contribution in [0.1, 0.15) is 24.6 Å². The molecule has 0 fully saturated rings. The standard InChI is InChI=1S/C23H23FN6OSi/c1-14-9-17(32)4-7-28(11-14)20-3-6-25-21-18(20)5-8-30(21)23(31)27-16-10-19(24)22-26-15(2)12-29(22)13-16/h3,6,9-10,12-13H,4-5,7-8,11H2,1-2H3,(H,27,31). The van der Waals surface area contributed by atoms with Gasteiger partial charge in [0, 0.05) is 65.4 Å². The molecule has 2 aliphatic heterocycles. The van der Waals surface area contributed by atoms with Crippen LogP contribution in [0.15, 0.2) is 42.4 Å². The summed E-state index contributed by atoms with van der Waals surface area (Å²) >= 11 is 0. The molecule has 5 heterocycles. The van der Waals surface area contributed by atoms with E-state index >= 15 is 0 Å². The Morgan fingerprint density at radius 1 is 1.22 bits per heavy atom. The SMILES string of the molecule is CC1=CC(=[Si])CCN(c2ccnc3c2CCN3C(=O)Nc2cc(F)c3nc(C)cn3c2)C1. The Hall–Kier alpha value is -3.33. The smallest absolute Gasteiger partial charge is 0.327 e. The number of nitrogens with one attached hydrogen (secondary N) is 1. The highest BCUT2D eigenvalue weighted by Gasteiger charge is 2.30. The molecule has 162 valence electrons. The molecular formula is C23H23FN6OSi. The van der Waals surface area contributed by atoms with Crippen molar-refractivity contribution in [3.63, 3.8) is 0 Å². The average molecular weight is 447 g/mol. The summed E-state index contributed by atoms with van der Waals surface area (Å²) in [5.74, 6) is 0.180. The van der Waals surface area contributed by atoms with Gasteiger partial charge in [0.05, 0.1) is 11.4 Å². The fraction of sp³-hybridized carbons (Fsp3) is 0.304. The van der Waals surface area contributed by atoms with Crippen LogP contribution in [0.3, 0.4) is 0 Å². The molecule has 9 heteroatoms. The minimum absolute atomic E-state index is 0.240. The van der Waals surface area contributed by atoms with Crippen molar-refractivity contribution < 1.29 is 9.18 Å². The van der Waals surface area contributed by atoms with E-state index in [-0.39, 0.29) is 11.7 Å². The van der Waals surface area contributed by atoms with Crippen LogP contribution >= 0.6 is 0 Å². The maximum Gasteiger partial charge on any atom is 0.327 e. The van der Waals surface area contributed by atoms with Crippen molar-refractivity contribution in [1.29, 1.82) is 0 Å². The zero-order valence-corrected chi connectivity index (χ0v) is 19.0. The van der Waals surface area contributed by atoms with Crippen LogP contribution in [0.5, 0.6) is 0 Å². The lowest BCUT2D eigenvalue weighted by molar-refractivity contribution is 0.257. The van der Waals surface area contributed by atoms with Crippen molar-refractivity contribution in [3.05, 3.63) is 59.4 Å². The first-order valence-corrected chi connectivity index (χ1v) is 11.1. The number of anilines is 3. The second-order valence-corrected chi connectivity index (χ2v) is 8.98. The number of hydrogen-bond acceptors (Lipinski definition) is 4. The summed E-state index contributed by atoms with van der Waals surface area (Å²) in [4.78, 5) is 25.7. The predicted molar refractivity (Wildman–Crippen MR) is 126 cm³/mol. The topological polar surface area (TPSA) is 65.8 Å². The molecule has 7 nitrogen and oxygen atoms in total. The molecule has 3 aromatic heterocycles. The molecule has 0 unspecified atom stereocenters. The number of carbonyl (C=O) groups is 1. The summed E-state index contributed by atoms with van der Waals surface area (Å²) in [5.41, 5.74) is 4.78. The van der Waals surface area contributed by atoms with E-state index in [4.69, 9.17) is 0 Å². The third kappa shape index (κ3) is 3.73. The largest absolute Gasteiger partial charge is 0.367 e. The van der Waals surface area contributed by atoms with Crippen LogP contribution in [0.25, 0.3) is 5.65 Å². The lowest BCUT2D eigenvalue weighted by atomic mass is 10.1. The quantitative estimate of drug-likeness (QED) is 0.614. The van der Waals surface area contributed by atoms with Crippen LogP contribution < -0.4 is 15.1 Å². The van der Waals surface area contributed by atoms with E-state index in [0.717, 1.165) is 37.2 Å². The maximum atomic E-state index is 14.4. The molecule has 2 amide bonds. The summed E-state index contributed by atoms with van der Waals surface area (Å²) in [5, 5.41) is 4.00. The molecule has 0 spiro atoms. The van der Waals surface area contributed by atoms with Crippen molar-refractivity contribution in [2.24, 2.45) is 0 Å². The number of halogens is 1. The summed E-state index contributed by atoms with van der Waals surface area (Å²) in [6.45, 7) is 6.17. The van der Waals surface area contributed by atoms with Crippen molar-refractivity contribution in [2.45, 2.75) is 26.7 Å². The summed E-state index contributed by atoms with van der Waals surface area (Å²) < 4.78 is 16.0. The number of fused-ring (bicyclic) bond motifs is 2. The molecule has 2 radical (unpaired) electrons. The van der Waals surface area contributed by atoms with Crippen molar-refractivity contribution >= 4 is 43.9 Å². The Balaban J connectivity index is 1.40. The van der Waals surface area contributed by atoms with Gasteiger partial charge in [0.1, 0.15) is 5.82 Å². The van der Waals surface area contributed by atoms with Crippen molar-refractivity contribution in [2.75, 3.05) is 34.8 Å². The van der Waals surface area contributed by atoms with Crippen molar-refractivity contribution in [3.8, 4) is 0 Å². The Morgan fingerprint density at radius 3 is 2.91 bits per heavy atom. The first-order chi connectivity index (χ1) is 15.4. The van der Waals surface area contributed by atoms with Gasteiger partial charge in [-0.05, 0) is 32.8 Å². The number of aromatic nitrogens is 3. The number of nitrogens with zero attached hydrogens (tertiary/aromatic N) is 5. The third-order valence-corrected chi connectivity index (χ3v) is 6.22. The maximum absolute atomic E-state index is 14.4. The van der Waals surface area contributed by atoms with Gasteiger partial charge in [0.25, 0.3) is 0 Å². The Morgan fingerprint density at radius 2 is 2.06 bits per heavy atom. The molecular weight excluding hydrogens is 423 g/mol. The number of rotatable bonds is 2. The number of aryl methyl sites for hydroxylation is 1. The van der Waals surface area contributed by atoms with Gasteiger partial charge in [-0.15, -0.1) is 0 Å². The van der Waals surface area contributed by atoms with Crippen LogP contribution in [-0.2, 0) is 6.42 Å². The van der Waals surface area contributed by atoms with Gasteiger partial charge in [-0.2, -0.15) is 0 Å². The van der Waals surface area contributed by atoms with E-state index in [0.29, 0.717) is 23.7 Å². The summed E-state index contributed by atoms with van der Waals surface area (Å²) in [6.07, 6.45) is 8.97. The van der Waals surface area contributed by atoms with E-state index in [9.17, 15) is 9.18 Å². The van der Waals surface area contributed by atoms with Gasteiger partial charge in [0.2, 0.25) is 0 Å². The lowest BCUT2D eigenvalue weighted by Crippen LogP contribution is -2.34. The van der Waals surface area contributed by atoms with E-state index in [1.807, 2.05) is 6.07 Å². The van der Waals surface area contributed by atoms with Crippen LogP contribution in [0.2, 0.25) is 0 Å². The van der Waals surface area contributed by atoms with Gasteiger partial charge in [-0.1, -0.05) is 16.8 Å². The fourth-order valence-electron chi connectivity index (χ4n) is 4.46. The molecule has 1 N–H and O–H groups in total. The second kappa shape index (κ2) is 7.98. The third-order valence-electron chi connectivity index (χ3n) is 5.83. The predicted octanol–water partition coefficient (Wildman–Crippen LogP) is 3.27. The Kier molecular flexibility index (Phi) is 5.13. The lowest BCUT2D eigenvalue weighted by Gasteiger charge is -2.26. The molecule has 0 aliphatic carbocycles. The number of allylic oxidation sites excluding steroid dienone is 1. The summed E-state index contributed by atoms with van der Waals surface area (Å²) in [7, 11) is 3.68. The Labute approximate surface area is 188 Å². The molecule has 0 saturated carbocycles. The normalized spacial score (nSPS) is 16.2. The van der Waals surface area contributed by atoms with E-state index in [1.165, 1.54) is 16.8 Å². The zero-order valence-electron chi connectivity index (χ0n) is 18.0. The van der Waals surface area contributed by atoms with Gasteiger partial charge >= 0.3 is 6.03 Å². The Bertz CT molecular complexity index is 1280. The minimum Gasteiger partial charge on any atom is -0.367 e. The summed E-state index contributed by atoms with van der Waals surface area (Å²) in [6, 6.07) is 2.99. The molecule has 0 saturated heterocycles. The molecule has 0 aromatic carbocycles. The van der Waals surface area contributed by atoms with Gasteiger partial charge < -0.3 is 14.6 Å². The number of amides is 2. The molecule has 5 rings (SSSR count). The van der Waals surface area contributed by atoms with Crippen molar-refractivity contribution in [1.82, 2.24) is 14.4 Å². The monoisotopic (exact) mass is 446 g/mol. The highest BCUT2D eigenvalue weighted by molar-refractivity contribution is 6.42. The molecule has 32 heavy (non-hydrogen) atoms. The molecule has 0 atom stereocenters. The number of hydrogen-bond donors (Lipinski definition) is 1. The highest BCUT2D eigenvalue weighted by atomic mass is 28.1. The number of urea groups is 1. The minimum atomic E-state index is -0.481. The molecule has 3 aromatic rings. The van der Waals surface area contributed by atoms with Crippen LogP contribution in [0, 0.1) is 12.7 Å². The molecule has 2 aliphatic rings. The average Bonchev–Trinajstić information content (AvgIpc) is 3.29. The number of imidazole rings is 1.